The Morgan fingerprint density at radius 1 is 0.689 bits per heavy atom. The first-order valence-electron chi connectivity index (χ1n) is 17.4. The Labute approximate surface area is 273 Å². The first kappa shape index (κ1) is 36.0. The monoisotopic (exact) mass is 613 g/mol. The van der Waals surface area contributed by atoms with E-state index in [2.05, 4.69) is 39.2 Å². The third-order valence-corrected chi connectivity index (χ3v) is 8.50. The minimum absolute atomic E-state index is 0.184. The molecule has 45 heavy (non-hydrogen) atoms. The highest BCUT2D eigenvalue weighted by atomic mass is 16.5. The van der Waals surface area contributed by atoms with E-state index in [1.807, 2.05) is 54.7 Å². The Bertz CT molecular complexity index is 1310. The van der Waals surface area contributed by atoms with E-state index in [1.54, 1.807) is 18.2 Å². The zero-order valence-corrected chi connectivity index (χ0v) is 28.7. The molecule has 2 amide bonds. The van der Waals surface area contributed by atoms with Crippen LogP contribution in [0.2, 0.25) is 0 Å². The SMILES string of the molecule is CCCCCCCCCCCCCCOc1ccc(C(=O)N(Cc2cccc[n+]2CC)C(=O)c2ccccc2)cc1C(C)(C)C. The van der Waals surface area contributed by atoms with Gasteiger partial charge in [0.05, 0.1) is 6.61 Å². The van der Waals surface area contributed by atoms with Gasteiger partial charge in [0.15, 0.2) is 6.20 Å². The lowest BCUT2D eigenvalue weighted by Gasteiger charge is -2.25. The second-order valence-corrected chi connectivity index (χ2v) is 13.2. The summed E-state index contributed by atoms with van der Waals surface area (Å²) in [4.78, 5) is 29.2. The number of amides is 2. The lowest BCUT2D eigenvalue weighted by Crippen LogP contribution is -2.43. The van der Waals surface area contributed by atoms with Gasteiger partial charge in [-0.05, 0) is 49.1 Å². The molecule has 0 aliphatic carbocycles. The largest absolute Gasteiger partial charge is 0.493 e. The van der Waals surface area contributed by atoms with Gasteiger partial charge >= 0.3 is 0 Å². The zero-order chi connectivity index (χ0) is 32.5. The van der Waals surface area contributed by atoms with Crippen LogP contribution in [0.15, 0.2) is 72.9 Å². The number of benzene rings is 2. The van der Waals surface area contributed by atoms with Crippen LogP contribution in [0.3, 0.4) is 0 Å². The van der Waals surface area contributed by atoms with Crippen LogP contribution in [0.25, 0.3) is 0 Å². The average molecular weight is 614 g/mol. The molecule has 0 spiro atoms. The third-order valence-electron chi connectivity index (χ3n) is 8.50. The summed E-state index contributed by atoms with van der Waals surface area (Å²) in [5.41, 5.74) is 2.61. The molecule has 5 heteroatoms. The van der Waals surface area contributed by atoms with E-state index in [1.165, 1.54) is 75.5 Å². The summed E-state index contributed by atoms with van der Waals surface area (Å²) in [6, 6.07) is 20.5. The highest BCUT2D eigenvalue weighted by Crippen LogP contribution is 2.33. The smallest absolute Gasteiger partial charge is 0.261 e. The van der Waals surface area contributed by atoms with E-state index in [0.717, 1.165) is 30.0 Å². The molecular weight excluding hydrogens is 556 g/mol. The number of ether oxygens (including phenoxy) is 1. The van der Waals surface area contributed by atoms with E-state index in [4.69, 9.17) is 4.74 Å². The van der Waals surface area contributed by atoms with Gasteiger partial charge < -0.3 is 4.74 Å². The maximum absolute atomic E-state index is 14.1. The Balaban J connectivity index is 1.64. The number of carbonyl (C=O) groups excluding carboxylic acids is 2. The number of rotatable bonds is 19. The summed E-state index contributed by atoms with van der Waals surface area (Å²) in [6.45, 7) is 12.3. The summed E-state index contributed by atoms with van der Waals surface area (Å²) in [7, 11) is 0. The molecular formula is C40H57N2O3+. The van der Waals surface area contributed by atoms with Crippen LogP contribution in [0.4, 0.5) is 0 Å². The van der Waals surface area contributed by atoms with Crippen molar-refractivity contribution in [3.05, 3.63) is 95.3 Å². The topological polar surface area (TPSA) is 50.5 Å². The molecule has 1 aromatic heterocycles. The van der Waals surface area contributed by atoms with Crippen LogP contribution in [0.1, 0.15) is 144 Å². The summed E-state index contributed by atoms with van der Waals surface area (Å²) < 4.78 is 8.36. The van der Waals surface area contributed by atoms with Crippen LogP contribution in [-0.4, -0.2) is 23.3 Å². The van der Waals surface area contributed by atoms with Crippen LogP contribution in [-0.2, 0) is 18.5 Å². The molecule has 0 aliphatic heterocycles. The van der Waals surface area contributed by atoms with Gasteiger partial charge in [0.25, 0.3) is 11.8 Å². The first-order chi connectivity index (χ1) is 21.8. The fourth-order valence-corrected chi connectivity index (χ4v) is 5.75. The fraction of sp³-hybridized carbons (Fsp3) is 0.525. The van der Waals surface area contributed by atoms with Gasteiger partial charge in [-0.15, -0.1) is 0 Å². The molecule has 1 heterocycles. The summed E-state index contributed by atoms with van der Waals surface area (Å²) >= 11 is 0. The molecule has 0 atom stereocenters. The molecule has 0 radical (unpaired) electrons. The molecule has 0 aliphatic rings. The Morgan fingerprint density at radius 2 is 1.27 bits per heavy atom. The van der Waals surface area contributed by atoms with Gasteiger partial charge in [-0.2, -0.15) is 0 Å². The van der Waals surface area contributed by atoms with E-state index in [9.17, 15) is 9.59 Å². The van der Waals surface area contributed by atoms with Crippen molar-refractivity contribution >= 4 is 11.8 Å². The Kier molecular flexibility index (Phi) is 15.3. The molecule has 0 N–H and O–H groups in total. The average Bonchev–Trinajstić information content (AvgIpc) is 3.05. The van der Waals surface area contributed by atoms with Crippen molar-refractivity contribution in [2.24, 2.45) is 0 Å². The number of aromatic nitrogens is 1. The van der Waals surface area contributed by atoms with E-state index >= 15 is 0 Å². The molecule has 5 nitrogen and oxygen atoms in total. The predicted octanol–water partition coefficient (Wildman–Crippen LogP) is 9.85. The highest BCUT2D eigenvalue weighted by Gasteiger charge is 2.29. The maximum atomic E-state index is 14.1. The van der Waals surface area contributed by atoms with Crippen LogP contribution in [0, 0.1) is 0 Å². The first-order valence-corrected chi connectivity index (χ1v) is 17.4. The van der Waals surface area contributed by atoms with Crippen molar-refractivity contribution in [2.45, 2.75) is 130 Å². The lowest BCUT2D eigenvalue weighted by atomic mass is 9.85. The maximum Gasteiger partial charge on any atom is 0.261 e. The summed E-state index contributed by atoms with van der Waals surface area (Å²) in [5.74, 6) is 0.194. The number of hydrogen-bond acceptors (Lipinski definition) is 3. The second kappa shape index (κ2) is 19.1. The Morgan fingerprint density at radius 3 is 1.87 bits per heavy atom. The van der Waals surface area contributed by atoms with Crippen LogP contribution < -0.4 is 9.30 Å². The Hall–Kier alpha value is -3.47. The van der Waals surface area contributed by atoms with E-state index in [-0.39, 0.29) is 23.8 Å². The van der Waals surface area contributed by atoms with Crippen molar-refractivity contribution < 1.29 is 18.9 Å². The van der Waals surface area contributed by atoms with Gasteiger partial charge in [0, 0.05) is 28.8 Å². The molecule has 3 aromatic rings. The zero-order valence-electron chi connectivity index (χ0n) is 28.7. The number of pyridine rings is 1. The highest BCUT2D eigenvalue weighted by molar-refractivity contribution is 6.10. The number of nitrogens with zero attached hydrogens (tertiary/aromatic N) is 2. The standard InChI is InChI=1S/C40H57N2O3/c1-6-8-9-10-11-12-13-14-15-16-17-23-30-45-37-28-27-34(31-36(37)40(3,4)5)39(44)42(38(43)33-24-19-18-20-25-33)32-35-26-21-22-29-41(35)7-2/h18-22,24-29,31H,6-17,23,30,32H2,1-5H3/q+1. The third kappa shape index (κ3) is 11.8. The molecule has 244 valence electrons. The van der Waals surface area contributed by atoms with Crippen molar-refractivity contribution in [2.75, 3.05) is 6.61 Å². The normalized spacial score (nSPS) is 11.4. The van der Waals surface area contributed by atoms with Gasteiger partial charge in [-0.1, -0.05) is 123 Å². The van der Waals surface area contributed by atoms with Crippen molar-refractivity contribution in [3.8, 4) is 5.75 Å². The van der Waals surface area contributed by atoms with Crippen molar-refractivity contribution in [1.82, 2.24) is 4.90 Å². The quantitative estimate of drug-likeness (QED) is 0.0768. The molecule has 2 aromatic carbocycles. The molecule has 0 saturated heterocycles. The minimum atomic E-state index is -0.312. The minimum Gasteiger partial charge on any atom is -0.493 e. The number of hydrogen-bond donors (Lipinski definition) is 0. The number of unbranched alkanes of at least 4 members (excludes halogenated alkanes) is 11. The molecule has 0 saturated carbocycles. The number of aryl methyl sites for hydroxylation is 1. The van der Waals surface area contributed by atoms with Crippen LogP contribution in [0.5, 0.6) is 5.75 Å². The van der Waals surface area contributed by atoms with Gasteiger partial charge in [0.1, 0.15) is 18.8 Å². The van der Waals surface area contributed by atoms with E-state index in [0.29, 0.717) is 17.7 Å². The molecule has 0 bridgehead atoms. The molecule has 0 fully saturated rings. The lowest BCUT2D eigenvalue weighted by molar-refractivity contribution is -0.701. The summed E-state index contributed by atoms with van der Waals surface area (Å²) in [5, 5.41) is 0. The second-order valence-electron chi connectivity index (χ2n) is 13.2. The van der Waals surface area contributed by atoms with Gasteiger partial charge in [-0.3, -0.25) is 14.5 Å². The van der Waals surface area contributed by atoms with Crippen LogP contribution >= 0.6 is 0 Å². The molecule has 3 rings (SSSR count). The van der Waals surface area contributed by atoms with Crippen molar-refractivity contribution in [1.29, 1.82) is 0 Å². The van der Waals surface area contributed by atoms with Gasteiger partial charge in [-0.25, -0.2) is 4.57 Å². The number of imide groups is 1. The predicted molar refractivity (Wildman–Crippen MR) is 185 cm³/mol. The van der Waals surface area contributed by atoms with Crippen molar-refractivity contribution in [3.63, 3.8) is 0 Å². The summed E-state index contributed by atoms with van der Waals surface area (Å²) in [6.07, 6.45) is 17.7. The fourth-order valence-electron chi connectivity index (χ4n) is 5.75. The van der Waals surface area contributed by atoms with Gasteiger partial charge in [0.2, 0.25) is 5.69 Å². The number of carbonyl (C=O) groups is 2. The van der Waals surface area contributed by atoms with E-state index < -0.39 is 0 Å². The molecule has 0 unspecified atom stereocenters.